The van der Waals surface area contributed by atoms with E-state index in [4.69, 9.17) is 0 Å². The van der Waals surface area contributed by atoms with Gasteiger partial charge in [0, 0.05) is 17.3 Å². The summed E-state index contributed by atoms with van der Waals surface area (Å²) in [4.78, 5) is 11.6. The first-order chi connectivity index (χ1) is 9.26. The molecule has 0 spiro atoms. The van der Waals surface area contributed by atoms with Crippen molar-refractivity contribution >= 4 is 21.6 Å². The van der Waals surface area contributed by atoms with Crippen LogP contribution in [0.3, 0.4) is 0 Å². The van der Waals surface area contributed by atoms with Crippen molar-refractivity contribution in [2.45, 2.75) is 38.1 Å². The molecule has 110 valence electrons. The summed E-state index contributed by atoms with van der Waals surface area (Å²) in [5.41, 5.74) is 0.779. The first kappa shape index (κ1) is 16.4. The minimum absolute atomic E-state index is 0.123. The molecule has 1 rings (SSSR count). The van der Waals surface area contributed by atoms with Crippen molar-refractivity contribution < 1.29 is 13.2 Å². The van der Waals surface area contributed by atoms with Gasteiger partial charge in [0.2, 0.25) is 10.0 Å². The maximum Gasteiger partial charge on any atom is 0.250 e. The first-order valence-corrected chi connectivity index (χ1v) is 7.84. The van der Waals surface area contributed by atoms with E-state index in [1.807, 2.05) is 6.92 Å². The highest BCUT2D eigenvalue weighted by atomic mass is 32.2. The third-order valence-electron chi connectivity index (χ3n) is 2.76. The highest BCUT2D eigenvalue weighted by Crippen LogP contribution is 2.16. The van der Waals surface area contributed by atoms with Gasteiger partial charge in [-0.05, 0) is 38.5 Å². The van der Waals surface area contributed by atoms with Gasteiger partial charge < -0.3 is 5.32 Å². The van der Waals surface area contributed by atoms with Gasteiger partial charge in [0.25, 0.3) is 5.91 Å². The maximum atomic E-state index is 12.1. The van der Waals surface area contributed by atoms with Crippen LogP contribution in [0.2, 0.25) is 0 Å². The number of amides is 1. The molecule has 5 nitrogen and oxygen atoms in total. The molecular formula is C14H20N2O3S. The third-order valence-corrected chi connectivity index (χ3v) is 4.35. The van der Waals surface area contributed by atoms with Crippen LogP contribution >= 0.6 is 0 Å². The number of anilines is 1. The van der Waals surface area contributed by atoms with Gasteiger partial charge in [-0.1, -0.05) is 19.6 Å². The Bertz CT molecular complexity index is 609. The predicted octanol–water partition coefficient (Wildman–Crippen LogP) is 2.28. The number of nitrogens with one attached hydrogen (secondary N) is 2. The first-order valence-electron chi connectivity index (χ1n) is 6.35. The van der Waals surface area contributed by atoms with E-state index in [9.17, 15) is 13.2 Å². The Morgan fingerprint density at radius 2 is 2.05 bits per heavy atom. The summed E-state index contributed by atoms with van der Waals surface area (Å²) in [5, 5.41) is 2.59. The average Bonchev–Trinajstić information content (AvgIpc) is 2.38. The Labute approximate surface area is 120 Å². The number of rotatable bonds is 6. The van der Waals surface area contributed by atoms with Crippen molar-refractivity contribution in [3.8, 4) is 0 Å². The lowest BCUT2D eigenvalue weighted by Crippen LogP contribution is -2.32. The standard InChI is InChI=1S/C14H20N2O3S/c1-5-11(4)16-20(18,19)13-8-6-7-12(9-13)15-14(17)10(2)3/h6-9,11,16H,2,5H2,1,3-4H3,(H,15,17). The topological polar surface area (TPSA) is 75.3 Å². The van der Waals surface area contributed by atoms with Crippen LogP contribution in [-0.4, -0.2) is 20.4 Å². The molecule has 1 aromatic carbocycles. The second-order valence-electron chi connectivity index (χ2n) is 4.69. The fourth-order valence-electron chi connectivity index (χ4n) is 1.40. The Morgan fingerprint density at radius 3 is 2.60 bits per heavy atom. The van der Waals surface area contributed by atoms with Gasteiger partial charge in [0.15, 0.2) is 0 Å². The van der Waals surface area contributed by atoms with Crippen molar-refractivity contribution in [1.29, 1.82) is 0 Å². The Morgan fingerprint density at radius 1 is 1.40 bits per heavy atom. The molecule has 1 aromatic rings. The molecule has 2 N–H and O–H groups in total. The van der Waals surface area contributed by atoms with Crippen LogP contribution in [0.25, 0.3) is 0 Å². The van der Waals surface area contributed by atoms with Crippen molar-refractivity contribution in [2.24, 2.45) is 0 Å². The highest BCUT2D eigenvalue weighted by molar-refractivity contribution is 7.89. The smallest absolute Gasteiger partial charge is 0.250 e. The monoisotopic (exact) mass is 296 g/mol. The molecule has 0 fully saturated rings. The fraction of sp³-hybridized carbons (Fsp3) is 0.357. The number of benzene rings is 1. The van der Waals surface area contributed by atoms with Crippen molar-refractivity contribution in [2.75, 3.05) is 5.32 Å². The summed E-state index contributed by atoms with van der Waals surface area (Å²) in [6.45, 7) is 8.81. The number of carbonyl (C=O) groups is 1. The Kier molecular flexibility index (Phi) is 5.47. The van der Waals surface area contributed by atoms with E-state index in [2.05, 4.69) is 16.6 Å². The van der Waals surface area contributed by atoms with E-state index in [0.29, 0.717) is 17.7 Å². The molecule has 0 saturated heterocycles. The largest absolute Gasteiger partial charge is 0.322 e. The normalized spacial score (nSPS) is 12.8. The summed E-state index contributed by atoms with van der Waals surface area (Å²) < 4.78 is 26.8. The molecule has 0 aromatic heterocycles. The van der Waals surface area contributed by atoms with Gasteiger partial charge in [-0.15, -0.1) is 0 Å². The van der Waals surface area contributed by atoms with E-state index >= 15 is 0 Å². The molecule has 1 unspecified atom stereocenters. The minimum atomic E-state index is -3.57. The second kappa shape index (κ2) is 6.67. The second-order valence-corrected chi connectivity index (χ2v) is 6.41. The van der Waals surface area contributed by atoms with Gasteiger partial charge in [0.05, 0.1) is 4.90 Å². The third kappa shape index (κ3) is 4.47. The number of hydrogen-bond donors (Lipinski definition) is 2. The van der Waals surface area contributed by atoms with Crippen LogP contribution in [0, 0.1) is 0 Å². The van der Waals surface area contributed by atoms with E-state index in [1.165, 1.54) is 12.1 Å². The molecule has 6 heteroatoms. The predicted molar refractivity (Wildman–Crippen MR) is 80.0 cm³/mol. The van der Waals surface area contributed by atoms with Crippen molar-refractivity contribution in [3.63, 3.8) is 0 Å². The summed E-state index contributed by atoms with van der Waals surface area (Å²) >= 11 is 0. The van der Waals surface area contributed by atoms with Crippen LogP contribution < -0.4 is 10.0 Å². The minimum Gasteiger partial charge on any atom is -0.322 e. The van der Waals surface area contributed by atoms with Gasteiger partial charge >= 0.3 is 0 Å². The van der Waals surface area contributed by atoms with E-state index in [1.54, 1.807) is 26.0 Å². The fourth-order valence-corrected chi connectivity index (χ4v) is 2.77. The van der Waals surface area contributed by atoms with Crippen LogP contribution in [0.15, 0.2) is 41.3 Å². The van der Waals surface area contributed by atoms with E-state index in [0.717, 1.165) is 0 Å². The molecule has 0 aliphatic heterocycles. The molecule has 0 heterocycles. The SMILES string of the molecule is C=C(C)C(=O)Nc1cccc(S(=O)(=O)NC(C)CC)c1. The lowest BCUT2D eigenvalue weighted by Gasteiger charge is -2.13. The molecule has 0 aliphatic rings. The molecule has 0 saturated carbocycles. The Balaban J connectivity index is 2.98. The van der Waals surface area contributed by atoms with Crippen molar-refractivity contribution in [1.82, 2.24) is 4.72 Å². The zero-order valence-corrected chi connectivity index (χ0v) is 12.8. The number of hydrogen-bond acceptors (Lipinski definition) is 3. The number of sulfonamides is 1. The highest BCUT2D eigenvalue weighted by Gasteiger charge is 2.17. The van der Waals surface area contributed by atoms with Gasteiger partial charge in [-0.2, -0.15) is 0 Å². The summed E-state index contributed by atoms with van der Waals surface area (Å²) in [7, 11) is -3.57. The van der Waals surface area contributed by atoms with Crippen LogP contribution in [0.4, 0.5) is 5.69 Å². The van der Waals surface area contributed by atoms with Crippen LogP contribution in [0.5, 0.6) is 0 Å². The lowest BCUT2D eigenvalue weighted by molar-refractivity contribution is -0.112. The molecule has 0 bridgehead atoms. The maximum absolute atomic E-state index is 12.1. The molecule has 20 heavy (non-hydrogen) atoms. The average molecular weight is 296 g/mol. The zero-order chi connectivity index (χ0) is 15.3. The molecule has 0 radical (unpaired) electrons. The van der Waals surface area contributed by atoms with E-state index < -0.39 is 10.0 Å². The summed E-state index contributed by atoms with van der Waals surface area (Å²) in [5.74, 6) is -0.338. The van der Waals surface area contributed by atoms with Gasteiger partial charge in [-0.25, -0.2) is 13.1 Å². The molecule has 1 amide bonds. The van der Waals surface area contributed by atoms with E-state index in [-0.39, 0.29) is 16.8 Å². The number of carbonyl (C=O) groups excluding carboxylic acids is 1. The van der Waals surface area contributed by atoms with Crippen LogP contribution in [-0.2, 0) is 14.8 Å². The quantitative estimate of drug-likeness (QED) is 0.791. The zero-order valence-electron chi connectivity index (χ0n) is 11.9. The van der Waals surface area contributed by atoms with Crippen molar-refractivity contribution in [3.05, 3.63) is 36.4 Å². The lowest BCUT2D eigenvalue weighted by atomic mass is 10.3. The molecule has 0 aliphatic carbocycles. The van der Waals surface area contributed by atoms with Gasteiger partial charge in [0.1, 0.15) is 0 Å². The molecule has 1 atom stereocenters. The Hall–Kier alpha value is -1.66. The summed E-state index contributed by atoms with van der Waals surface area (Å²) in [6.07, 6.45) is 0.700. The van der Waals surface area contributed by atoms with Gasteiger partial charge in [-0.3, -0.25) is 4.79 Å². The van der Waals surface area contributed by atoms with Crippen LogP contribution in [0.1, 0.15) is 27.2 Å². The summed E-state index contributed by atoms with van der Waals surface area (Å²) in [6, 6.07) is 5.98. The molecular weight excluding hydrogens is 276 g/mol.